The molecule has 0 unspecified atom stereocenters. The van der Waals surface area contributed by atoms with Crippen LogP contribution in [0.15, 0.2) is 0 Å². The fourth-order valence-electron chi connectivity index (χ4n) is 1.38. The second kappa shape index (κ2) is 6.06. The Kier molecular flexibility index (Phi) is 5.01. The van der Waals surface area contributed by atoms with Gasteiger partial charge in [0, 0.05) is 27.1 Å². The van der Waals surface area contributed by atoms with E-state index in [1.54, 1.807) is 4.68 Å². The van der Waals surface area contributed by atoms with Crippen LogP contribution in [-0.2, 0) is 23.0 Å². The molecule has 17 heavy (non-hydrogen) atoms. The molecule has 1 aromatic heterocycles. The largest absolute Gasteiger partial charge is 0.230 e. The van der Waals surface area contributed by atoms with E-state index in [4.69, 9.17) is 0 Å². The summed E-state index contributed by atoms with van der Waals surface area (Å²) in [7, 11) is -0.0520. The van der Waals surface area contributed by atoms with Crippen LogP contribution in [0.5, 0.6) is 0 Å². The van der Waals surface area contributed by atoms with E-state index in [1.165, 1.54) is 18.4 Å². The molecule has 7 nitrogen and oxygen atoms in total. The molecule has 0 bridgehead atoms. The average molecular weight is 261 g/mol. The van der Waals surface area contributed by atoms with E-state index in [-0.39, 0.29) is 5.75 Å². The minimum atomic E-state index is -3.13. The second-order valence-corrected chi connectivity index (χ2v) is 6.32. The Bertz CT molecular complexity index is 440. The molecule has 0 aliphatic rings. The molecule has 0 radical (unpaired) electrons. The summed E-state index contributed by atoms with van der Waals surface area (Å²) in [5.74, 6) is 0.931. The molecule has 0 amide bonds. The molecule has 8 heteroatoms. The van der Waals surface area contributed by atoms with Crippen LogP contribution in [0.2, 0.25) is 0 Å². The van der Waals surface area contributed by atoms with Crippen LogP contribution >= 0.6 is 0 Å². The molecule has 0 saturated heterocycles. The van der Waals surface area contributed by atoms with Crippen molar-refractivity contribution in [2.24, 2.45) is 0 Å². The van der Waals surface area contributed by atoms with Crippen LogP contribution in [0.3, 0.4) is 0 Å². The number of hydrogen-bond acceptors (Lipinski definition) is 5. The van der Waals surface area contributed by atoms with Gasteiger partial charge in [-0.2, -0.15) is 0 Å². The van der Waals surface area contributed by atoms with Crippen molar-refractivity contribution < 1.29 is 8.42 Å². The highest BCUT2D eigenvalue weighted by Crippen LogP contribution is 2.02. The first kappa shape index (κ1) is 14.0. The van der Waals surface area contributed by atoms with Crippen molar-refractivity contribution in [1.29, 1.82) is 0 Å². The summed E-state index contributed by atoms with van der Waals surface area (Å²) < 4.78 is 26.0. The molecular weight excluding hydrogens is 242 g/mol. The molecule has 1 aromatic rings. The summed E-state index contributed by atoms with van der Waals surface area (Å²) in [5, 5.41) is 11.3. The third-order valence-corrected chi connectivity index (χ3v) is 4.33. The lowest BCUT2D eigenvalue weighted by atomic mass is 10.3. The molecule has 0 aliphatic heterocycles. The highest BCUT2D eigenvalue weighted by atomic mass is 32.2. The number of rotatable bonds is 7. The van der Waals surface area contributed by atoms with Crippen LogP contribution < -0.4 is 0 Å². The smallest absolute Gasteiger partial charge is 0.213 e. The maximum absolute atomic E-state index is 11.5. The van der Waals surface area contributed by atoms with Crippen molar-refractivity contribution >= 4 is 10.0 Å². The summed E-state index contributed by atoms with van der Waals surface area (Å²) >= 11 is 0. The lowest BCUT2D eigenvalue weighted by molar-refractivity contribution is 0.505. The number of nitrogens with zero attached hydrogens (tertiary/aromatic N) is 5. The zero-order valence-corrected chi connectivity index (χ0v) is 11.3. The van der Waals surface area contributed by atoms with Gasteiger partial charge in [-0.1, -0.05) is 6.92 Å². The predicted octanol–water partition coefficient (Wildman–Crippen LogP) is -0.0929. The SMILES string of the molecule is CCCc1nnnn1CCCS(=O)(=O)N(C)C. The summed E-state index contributed by atoms with van der Waals surface area (Å²) in [6.45, 7) is 2.59. The molecule has 0 fully saturated rings. The number of tetrazole rings is 1. The van der Waals surface area contributed by atoms with Gasteiger partial charge in [0.1, 0.15) is 0 Å². The molecule has 98 valence electrons. The zero-order valence-electron chi connectivity index (χ0n) is 10.5. The van der Waals surface area contributed by atoms with E-state index >= 15 is 0 Å². The molecule has 0 saturated carbocycles. The van der Waals surface area contributed by atoms with Gasteiger partial charge in [-0.25, -0.2) is 17.4 Å². The lowest BCUT2D eigenvalue weighted by Gasteiger charge is -2.10. The quantitative estimate of drug-likeness (QED) is 0.685. The number of aromatic nitrogens is 4. The van der Waals surface area contributed by atoms with Crippen LogP contribution in [0.4, 0.5) is 0 Å². The summed E-state index contributed by atoms with van der Waals surface area (Å²) in [5.41, 5.74) is 0. The number of aryl methyl sites for hydroxylation is 2. The lowest BCUT2D eigenvalue weighted by Crippen LogP contribution is -2.25. The number of sulfonamides is 1. The molecule has 0 N–H and O–H groups in total. The molecular formula is C9H19N5O2S. The molecule has 1 heterocycles. The van der Waals surface area contributed by atoms with E-state index in [1.807, 2.05) is 0 Å². The topological polar surface area (TPSA) is 81.0 Å². The Morgan fingerprint density at radius 3 is 2.65 bits per heavy atom. The fraction of sp³-hybridized carbons (Fsp3) is 0.889. The van der Waals surface area contributed by atoms with Gasteiger partial charge in [0.2, 0.25) is 10.0 Å². The molecule has 0 aliphatic carbocycles. The van der Waals surface area contributed by atoms with E-state index in [0.717, 1.165) is 18.7 Å². The molecule has 0 atom stereocenters. The minimum absolute atomic E-state index is 0.116. The molecule has 0 spiro atoms. The van der Waals surface area contributed by atoms with Gasteiger partial charge >= 0.3 is 0 Å². The van der Waals surface area contributed by atoms with Gasteiger partial charge in [0.05, 0.1) is 5.75 Å². The average Bonchev–Trinajstić information content (AvgIpc) is 2.66. The van der Waals surface area contributed by atoms with Crippen molar-refractivity contribution in [2.45, 2.75) is 32.7 Å². The van der Waals surface area contributed by atoms with Crippen molar-refractivity contribution in [3.63, 3.8) is 0 Å². The van der Waals surface area contributed by atoms with Crippen molar-refractivity contribution in [3.8, 4) is 0 Å². The summed E-state index contributed by atoms with van der Waals surface area (Å²) in [4.78, 5) is 0. The highest BCUT2D eigenvalue weighted by Gasteiger charge is 2.13. The highest BCUT2D eigenvalue weighted by molar-refractivity contribution is 7.89. The van der Waals surface area contributed by atoms with Crippen LogP contribution in [0.1, 0.15) is 25.6 Å². The van der Waals surface area contributed by atoms with E-state index < -0.39 is 10.0 Å². The third kappa shape index (κ3) is 4.04. The second-order valence-electron chi connectivity index (χ2n) is 4.02. The summed E-state index contributed by atoms with van der Waals surface area (Å²) in [6, 6.07) is 0. The standard InChI is InChI=1S/C9H19N5O2S/c1-4-6-9-10-11-12-14(9)7-5-8-17(15,16)13(2)3/h4-8H2,1-3H3. The Morgan fingerprint density at radius 2 is 2.06 bits per heavy atom. The summed E-state index contributed by atoms with van der Waals surface area (Å²) in [6.07, 6.45) is 2.30. The van der Waals surface area contributed by atoms with E-state index in [2.05, 4.69) is 22.4 Å². The van der Waals surface area contributed by atoms with Gasteiger partial charge < -0.3 is 0 Å². The first-order chi connectivity index (χ1) is 7.97. The molecule has 1 rings (SSSR count). The monoisotopic (exact) mass is 261 g/mol. The zero-order chi connectivity index (χ0) is 12.9. The van der Waals surface area contributed by atoms with Crippen molar-refractivity contribution in [2.75, 3.05) is 19.8 Å². The van der Waals surface area contributed by atoms with Crippen molar-refractivity contribution in [3.05, 3.63) is 5.82 Å². The van der Waals surface area contributed by atoms with Gasteiger partial charge in [0.15, 0.2) is 5.82 Å². The van der Waals surface area contributed by atoms with E-state index in [0.29, 0.717) is 13.0 Å². The maximum Gasteiger partial charge on any atom is 0.213 e. The number of hydrogen-bond donors (Lipinski definition) is 0. The van der Waals surface area contributed by atoms with Crippen LogP contribution in [-0.4, -0.2) is 52.8 Å². The Morgan fingerprint density at radius 1 is 1.35 bits per heavy atom. The van der Waals surface area contributed by atoms with Gasteiger partial charge in [-0.15, -0.1) is 5.10 Å². The molecule has 0 aromatic carbocycles. The Balaban J connectivity index is 2.49. The normalized spacial score (nSPS) is 12.2. The fourth-order valence-corrected chi connectivity index (χ4v) is 2.24. The minimum Gasteiger partial charge on any atom is -0.230 e. The van der Waals surface area contributed by atoms with E-state index in [9.17, 15) is 8.42 Å². The Hall–Kier alpha value is -1.02. The predicted molar refractivity (Wildman–Crippen MR) is 63.9 cm³/mol. The maximum atomic E-state index is 11.5. The van der Waals surface area contributed by atoms with Crippen LogP contribution in [0.25, 0.3) is 0 Å². The van der Waals surface area contributed by atoms with Gasteiger partial charge in [0.25, 0.3) is 0 Å². The van der Waals surface area contributed by atoms with Gasteiger partial charge in [-0.05, 0) is 23.3 Å². The first-order valence-corrected chi connectivity index (χ1v) is 7.23. The Labute approximate surface area is 102 Å². The van der Waals surface area contributed by atoms with Gasteiger partial charge in [-0.3, -0.25) is 0 Å². The third-order valence-electron chi connectivity index (χ3n) is 2.41. The van der Waals surface area contributed by atoms with Crippen LogP contribution in [0, 0.1) is 0 Å². The first-order valence-electron chi connectivity index (χ1n) is 5.62. The van der Waals surface area contributed by atoms with Crippen molar-refractivity contribution in [1.82, 2.24) is 24.5 Å².